The molecule has 0 spiro atoms. The predicted octanol–water partition coefficient (Wildman–Crippen LogP) is 4.62. The van der Waals surface area contributed by atoms with Crippen LogP contribution in [0.25, 0.3) is 5.57 Å². The van der Waals surface area contributed by atoms with Crippen molar-refractivity contribution >= 4 is 5.57 Å². The molecule has 16 heavy (non-hydrogen) atoms. The second-order valence-electron chi connectivity index (χ2n) is 4.68. The van der Waals surface area contributed by atoms with E-state index in [-0.39, 0.29) is 0 Å². The molecule has 0 saturated carbocycles. The van der Waals surface area contributed by atoms with Crippen LogP contribution in [0.2, 0.25) is 0 Å². The average molecular weight is 212 g/mol. The van der Waals surface area contributed by atoms with Gasteiger partial charge in [-0.3, -0.25) is 0 Å². The lowest BCUT2D eigenvalue weighted by atomic mass is 9.93. The van der Waals surface area contributed by atoms with Crippen molar-refractivity contribution in [2.24, 2.45) is 5.92 Å². The van der Waals surface area contributed by atoms with Crippen LogP contribution < -0.4 is 0 Å². The van der Waals surface area contributed by atoms with Gasteiger partial charge in [-0.05, 0) is 35.5 Å². The Morgan fingerprint density at radius 3 is 2.50 bits per heavy atom. The SMILES string of the molecule is CCCc1ccc(C2=CCC(C)C=C2)cc1. The normalized spacial score (nSPS) is 19.6. The standard InChI is InChI=1S/C16H20/c1-3-4-14-7-11-16(12-8-14)15-9-5-13(2)6-10-15/h5,7-13H,3-4,6H2,1-2H3. The minimum absolute atomic E-state index is 0.697. The maximum Gasteiger partial charge on any atom is -0.0187 e. The van der Waals surface area contributed by atoms with E-state index in [1.807, 2.05) is 0 Å². The van der Waals surface area contributed by atoms with Crippen molar-refractivity contribution in [3.63, 3.8) is 0 Å². The predicted molar refractivity (Wildman–Crippen MR) is 71.3 cm³/mol. The largest absolute Gasteiger partial charge is 0.0808 e. The fourth-order valence-corrected chi connectivity index (χ4v) is 2.09. The number of benzene rings is 1. The Balaban J connectivity index is 2.13. The van der Waals surface area contributed by atoms with E-state index in [0.29, 0.717) is 5.92 Å². The van der Waals surface area contributed by atoms with E-state index in [4.69, 9.17) is 0 Å². The zero-order valence-electron chi connectivity index (χ0n) is 10.2. The Morgan fingerprint density at radius 1 is 1.19 bits per heavy atom. The highest BCUT2D eigenvalue weighted by Gasteiger charge is 2.05. The molecule has 2 rings (SSSR count). The minimum Gasteiger partial charge on any atom is -0.0808 e. The summed E-state index contributed by atoms with van der Waals surface area (Å²) in [6.45, 7) is 4.48. The van der Waals surface area contributed by atoms with Gasteiger partial charge >= 0.3 is 0 Å². The summed E-state index contributed by atoms with van der Waals surface area (Å²) in [7, 11) is 0. The third-order valence-corrected chi connectivity index (χ3v) is 3.14. The lowest BCUT2D eigenvalue weighted by molar-refractivity contribution is 0.739. The molecule has 1 unspecified atom stereocenters. The smallest absolute Gasteiger partial charge is 0.0187 e. The van der Waals surface area contributed by atoms with E-state index in [1.54, 1.807) is 0 Å². The Morgan fingerprint density at radius 2 is 1.94 bits per heavy atom. The van der Waals surface area contributed by atoms with Gasteiger partial charge in [0.2, 0.25) is 0 Å². The molecule has 1 aliphatic rings. The van der Waals surface area contributed by atoms with Crippen molar-refractivity contribution in [1.82, 2.24) is 0 Å². The van der Waals surface area contributed by atoms with Crippen LogP contribution in [0.5, 0.6) is 0 Å². The fourth-order valence-electron chi connectivity index (χ4n) is 2.09. The molecule has 0 aromatic heterocycles. The monoisotopic (exact) mass is 212 g/mol. The number of aryl methyl sites for hydroxylation is 1. The zero-order valence-corrected chi connectivity index (χ0v) is 10.2. The van der Waals surface area contributed by atoms with Crippen molar-refractivity contribution in [3.8, 4) is 0 Å². The van der Waals surface area contributed by atoms with Crippen molar-refractivity contribution in [2.75, 3.05) is 0 Å². The third kappa shape index (κ3) is 2.63. The van der Waals surface area contributed by atoms with Crippen molar-refractivity contribution in [3.05, 3.63) is 53.6 Å². The van der Waals surface area contributed by atoms with Gasteiger partial charge in [0.05, 0.1) is 0 Å². The van der Waals surface area contributed by atoms with E-state index in [9.17, 15) is 0 Å². The topological polar surface area (TPSA) is 0 Å². The first kappa shape index (κ1) is 11.2. The van der Waals surface area contributed by atoms with Crippen LogP contribution in [0.4, 0.5) is 0 Å². The molecule has 0 heterocycles. The van der Waals surface area contributed by atoms with Gasteiger partial charge in [-0.2, -0.15) is 0 Å². The highest BCUT2D eigenvalue weighted by atomic mass is 14.1. The molecule has 0 radical (unpaired) electrons. The summed E-state index contributed by atoms with van der Waals surface area (Å²) >= 11 is 0. The molecule has 0 aliphatic heterocycles. The molecule has 1 atom stereocenters. The van der Waals surface area contributed by atoms with Crippen LogP contribution in [0.15, 0.2) is 42.5 Å². The molecule has 0 bridgehead atoms. The van der Waals surface area contributed by atoms with Crippen LogP contribution in [0.3, 0.4) is 0 Å². The molecule has 0 amide bonds. The van der Waals surface area contributed by atoms with Gasteiger partial charge in [-0.15, -0.1) is 0 Å². The van der Waals surface area contributed by atoms with Crippen molar-refractivity contribution in [1.29, 1.82) is 0 Å². The average Bonchev–Trinajstić information content (AvgIpc) is 2.32. The van der Waals surface area contributed by atoms with Gasteiger partial charge in [0.15, 0.2) is 0 Å². The molecular weight excluding hydrogens is 192 g/mol. The molecule has 84 valence electrons. The van der Waals surface area contributed by atoms with E-state index < -0.39 is 0 Å². The summed E-state index contributed by atoms with van der Waals surface area (Å²) in [5.74, 6) is 0.697. The Bertz CT molecular complexity index is 393. The number of hydrogen-bond donors (Lipinski definition) is 0. The van der Waals surface area contributed by atoms with E-state index in [0.717, 1.165) is 0 Å². The third-order valence-electron chi connectivity index (χ3n) is 3.14. The van der Waals surface area contributed by atoms with Crippen LogP contribution in [-0.4, -0.2) is 0 Å². The molecule has 0 N–H and O–H groups in total. The Hall–Kier alpha value is -1.30. The lowest BCUT2D eigenvalue weighted by Gasteiger charge is -2.12. The van der Waals surface area contributed by atoms with E-state index in [1.165, 1.54) is 36.0 Å². The molecule has 1 aromatic carbocycles. The maximum atomic E-state index is 2.35. The summed E-state index contributed by atoms with van der Waals surface area (Å²) in [5, 5.41) is 0. The molecule has 0 saturated heterocycles. The highest BCUT2D eigenvalue weighted by Crippen LogP contribution is 2.24. The van der Waals surface area contributed by atoms with Crippen LogP contribution in [0, 0.1) is 5.92 Å². The Kier molecular flexibility index (Phi) is 3.61. The summed E-state index contributed by atoms with van der Waals surface area (Å²) in [4.78, 5) is 0. The summed E-state index contributed by atoms with van der Waals surface area (Å²) in [5.41, 5.74) is 4.17. The lowest BCUT2D eigenvalue weighted by Crippen LogP contribution is -1.94. The zero-order chi connectivity index (χ0) is 11.4. The molecule has 0 fully saturated rings. The first-order valence-electron chi connectivity index (χ1n) is 6.27. The minimum atomic E-state index is 0.697. The second kappa shape index (κ2) is 5.16. The van der Waals surface area contributed by atoms with Gasteiger partial charge in [0.25, 0.3) is 0 Å². The molecule has 1 aromatic rings. The number of rotatable bonds is 3. The van der Waals surface area contributed by atoms with Gasteiger partial charge in [-0.25, -0.2) is 0 Å². The van der Waals surface area contributed by atoms with Crippen LogP contribution in [-0.2, 0) is 6.42 Å². The van der Waals surface area contributed by atoms with Gasteiger partial charge in [-0.1, -0.05) is 62.8 Å². The molecule has 0 nitrogen and oxygen atoms in total. The first-order valence-corrected chi connectivity index (χ1v) is 6.27. The highest BCUT2D eigenvalue weighted by molar-refractivity contribution is 5.74. The van der Waals surface area contributed by atoms with Crippen molar-refractivity contribution < 1.29 is 0 Å². The Labute approximate surface area is 98.7 Å². The van der Waals surface area contributed by atoms with Gasteiger partial charge in [0, 0.05) is 0 Å². The summed E-state index contributed by atoms with van der Waals surface area (Å²) < 4.78 is 0. The summed E-state index contributed by atoms with van der Waals surface area (Å²) in [6, 6.07) is 9.01. The molecule has 0 heteroatoms. The van der Waals surface area contributed by atoms with Crippen molar-refractivity contribution in [2.45, 2.75) is 33.1 Å². The van der Waals surface area contributed by atoms with Crippen LogP contribution >= 0.6 is 0 Å². The summed E-state index contributed by atoms with van der Waals surface area (Å²) in [6.07, 6.45) is 10.5. The molecule has 1 aliphatic carbocycles. The maximum absolute atomic E-state index is 2.35. The first-order chi connectivity index (χ1) is 7.79. The quantitative estimate of drug-likeness (QED) is 0.686. The van der Waals surface area contributed by atoms with Gasteiger partial charge < -0.3 is 0 Å². The van der Waals surface area contributed by atoms with E-state index >= 15 is 0 Å². The molecular formula is C16H20. The number of allylic oxidation sites excluding steroid dienone is 4. The van der Waals surface area contributed by atoms with E-state index in [2.05, 4.69) is 56.3 Å². The second-order valence-corrected chi connectivity index (χ2v) is 4.68. The van der Waals surface area contributed by atoms with Gasteiger partial charge in [0.1, 0.15) is 0 Å². The number of hydrogen-bond acceptors (Lipinski definition) is 0. The van der Waals surface area contributed by atoms with Crippen LogP contribution in [0.1, 0.15) is 37.8 Å². The fraction of sp³-hybridized carbons (Fsp3) is 0.375.